The van der Waals surface area contributed by atoms with Crippen LogP contribution < -0.4 is 4.74 Å². The van der Waals surface area contributed by atoms with Crippen molar-refractivity contribution >= 4 is 11.8 Å². The van der Waals surface area contributed by atoms with Crippen LogP contribution in [0.5, 0.6) is 5.75 Å². The maximum absolute atomic E-state index is 5.76. The minimum absolute atomic E-state index is 0.656. The first kappa shape index (κ1) is 16.3. The molecule has 0 bridgehead atoms. The second-order valence-electron chi connectivity index (χ2n) is 6.07. The topological polar surface area (TPSA) is 51.4 Å². The van der Waals surface area contributed by atoms with E-state index in [1.54, 1.807) is 18.9 Å². The van der Waals surface area contributed by atoms with Gasteiger partial charge < -0.3 is 14.1 Å². The van der Waals surface area contributed by atoms with Crippen LogP contribution in [0.4, 0.5) is 0 Å². The lowest BCUT2D eigenvalue weighted by atomic mass is 10.0. The average Bonchev–Trinajstić information content (AvgIpc) is 3.01. The van der Waals surface area contributed by atoms with Gasteiger partial charge in [-0.05, 0) is 50.0 Å². The van der Waals surface area contributed by atoms with Crippen molar-refractivity contribution in [3.8, 4) is 5.75 Å². The van der Waals surface area contributed by atoms with Gasteiger partial charge in [0.05, 0.1) is 13.5 Å². The van der Waals surface area contributed by atoms with Crippen LogP contribution in [-0.4, -0.2) is 48.1 Å². The van der Waals surface area contributed by atoms with Crippen LogP contribution >= 0.6 is 11.8 Å². The van der Waals surface area contributed by atoms with Gasteiger partial charge in [-0.15, -0.1) is 10.2 Å². The highest BCUT2D eigenvalue weighted by molar-refractivity contribution is 7.99. The van der Waals surface area contributed by atoms with Gasteiger partial charge >= 0.3 is 0 Å². The largest absolute Gasteiger partial charge is 0.497 e. The number of piperidine rings is 1. The number of hydrogen-bond acceptors (Lipinski definition) is 6. The predicted molar refractivity (Wildman–Crippen MR) is 91.0 cm³/mol. The van der Waals surface area contributed by atoms with Crippen molar-refractivity contribution in [2.45, 2.75) is 24.5 Å². The maximum Gasteiger partial charge on any atom is 0.276 e. The molecule has 3 rings (SSSR count). The predicted octanol–water partition coefficient (Wildman–Crippen LogP) is 3.10. The molecule has 6 heteroatoms. The van der Waals surface area contributed by atoms with Crippen molar-refractivity contribution < 1.29 is 9.15 Å². The van der Waals surface area contributed by atoms with Gasteiger partial charge in [0.2, 0.25) is 5.89 Å². The third-order valence-electron chi connectivity index (χ3n) is 4.13. The van der Waals surface area contributed by atoms with Gasteiger partial charge in [0.15, 0.2) is 0 Å². The summed E-state index contributed by atoms with van der Waals surface area (Å²) in [5.41, 5.74) is 1.14. The Morgan fingerprint density at radius 3 is 2.87 bits per heavy atom. The van der Waals surface area contributed by atoms with Gasteiger partial charge in [-0.1, -0.05) is 23.9 Å². The Morgan fingerprint density at radius 2 is 2.13 bits per heavy atom. The van der Waals surface area contributed by atoms with Crippen LogP contribution in [0.2, 0.25) is 0 Å². The minimum Gasteiger partial charge on any atom is -0.497 e. The van der Waals surface area contributed by atoms with Crippen molar-refractivity contribution in [1.82, 2.24) is 15.1 Å². The Hall–Kier alpha value is -1.53. The standard InChI is InChI=1S/C17H23N3O2S/c1-20-9-3-4-14(11-20)12-23-17-19-18-16(22-17)10-13-5-7-15(21-2)8-6-13/h5-8,14H,3-4,9-12H2,1-2H3/t14-/m0/s1. The number of hydrogen-bond donors (Lipinski definition) is 0. The fourth-order valence-corrected chi connectivity index (χ4v) is 3.79. The van der Waals surface area contributed by atoms with Gasteiger partial charge in [-0.2, -0.15) is 0 Å². The van der Waals surface area contributed by atoms with Gasteiger partial charge in [0.25, 0.3) is 5.22 Å². The number of nitrogens with zero attached hydrogens (tertiary/aromatic N) is 3. The summed E-state index contributed by atoms with van der Waals surface area (Å²) in [5, 5.41) is 8.99. The van der Waals surface area contributed by atoms with E-state index in [4.69, 9.17) is 9.15 Å². The highest BCUT2D eigenvalue weighted by atomic mass is 32.2. The van der Waals surface area contributed by atoms with Gasteiger partial charge in [-0.3, -0.25) is 0 Å². The summed E-state index contributed by atoms with van der Waals surface area (Å²) in [6.07, 6.45) is 3.24. The zero-order valence-electron chi connectivity index (χ0n) is 13.7. The molecule has 1 aliphatic heterocycles. The quantitative estimate of drug-likeness (QED) is 0.757. The second-order valence-corrected chi connectivity index (χ2v) is 7.04. The van der Waals surface area contributed by atoms with E-state index in [1.165, 1.54) is 25.9 Å². The summed E-state index contributed by atoms with van der Waals surface area (Å²) >= 11 is 1.68. The van der Waals surface area contributed by atoms with E-state index in [0.717, 1.165) is 23.0 Å². The van der Waals surface area contributed by atoms with Crippen LogP contribution in [-0.2, 0) is 6.42 Å². The summed E-state index contributed by atoms with van der Waals surface area (Å²) in [7, 11) is 3.86. The molecular formula is C17H23N3O2S. The third kappa shape index (κ3) is 4.72. The first-order valence-electron chi connectivity index (χ1n) is 7.99. The Labute approximate surface area is 141 Å². The molecule has 0 radical (unpaired) electrons. The molecule has 1 aromatic heterocycles. The first-order chi connectivity index (χ1) is 11.2. The summed E-state index contributed by atoms with van der Waals surface area (Å²) in [6, 6.07) is 7.93. The van der Waals surface area contributed by atoms with Gasteiger partial charge in [-0.25, -0.2) is 0 Å². The van der Waals surface area contributed by atoms with Crippen molar-refractivity contribution in [2.75, 3.05) is 33.0 Å². The van der Waals surface area contributed by atoms with Crippen LogP contribution in [0.1, 0.15) is 24.3 Å². The monoisotopic (exact) mass is 333 g/mol. The van der Waals surface area contributed by atoms with Gasteiger partial charge in [0.1, 0.15) is 5.75 Å². The lowest BCUT2D eigenvalue weighted by Gasteiger charge is -2.28. The molecule has 0 unspecified atom stereocenters. The number of rotatable bonds is 6. The molecule has 2 aromatic rings. The van der Waals surface area contributed by atoms with E-state index in [2.05, 4.69) is 22.1 Å². The van der Waals surface area contributed by atoms with E-state index >= 15 is 0 Å². The number of likely N-dealkylation sites (tertiary alicyclic amines) is 1. The molecule has 124 valence electrons. The van der Waals surface area contributed by atoms with Crippen molar-refractivity contribution in [2.24, 2.45) is 5.92 Å². The SMILES string of the molecule is COc1ccc(Cc2nnc(SC[C@H]3CCCN(C)C3)o2)cc1. The smallest absolute Gasteiger partial charge is 0.276 e. The fourth-order valence-electron chi connectivity index (χ4n) is 2.88. The Balaban J connectivity index is 1.51. The average molecular weight is 333 g/mol. The van der Waals surface area contributed by atoms with Crippen molar-refractivity contribution in [3.63, 3.8) is 0 Å². The zero-order valence-corrected chi connectivity index (χ0v) is 14.5. The lowest BCUT2D eigenvalue weighted by molar-refractivity contribution is 0.224. The van der Waals surface area contributed by atoms with Crippen LogP contribution in [0, 0.1) is 5.92 Å². The summed E-state index contributed by atoms with van der Waals surface area (Å²) in [5.74, 6) is 3.29. The highest BCUT2D eigenvalue weighted by Gasteiger charge is 2.18. The molecule has 0 amide bonds. The Kier molecular flexibility index (Phi) is 5.56. The maximum atomic E-state index is 5.76. The summed E-state index contributed by atoms with van der Waals surface area (Å²) in [4.78, 5) is 2.40. The molecule has 23 heavy (non-hydrogen) atoms. The Morgan fingerprint density at radius 1 is 1.30 bits per heavy atom. The molecule has 0 aliphatic carbocycles. The van der Waals surface area contributed by atoms with E-state index in [1.807, 2.05) is 24.3 Å². The second kappa shape index (κ2) is 7.84. The molecule has 5 nitrogen and oxygen atoms in total. The molecule has 1 saturated heterocycles. The third-order valence-corrected chi connectivity index (χ3v) is 5.18. The zero-order chi connectivity index (χ0) is 16.1. The first-order valence-corrected chi connectivity index (χ1v) is 8.98. The summed E-state index contributed by atoms with van der Waals surface area (Å²) < 4.78 is 10.9. The fraction of sp³-hybridized carbons (Fsp3) is 0.529. The number of aromatic nitrogens is 2. The molecular weight excluding hydrogens is 310 g/mol. The normalized spacial score (nSPS) is 19.0. The van der Waals surface area contributed by atoms with Crippen LogP contribution in [0.3, 0.4) is 0 Å². The van der Waals surface area contributed by atoms with Crippen molar-refractivity contribution in [3.05, 3.63) is 35.7 Å². The van der Waals surface area contributed by atoms with E-state index in [-0.39, 0.29) is 0 Å². The van der Waals surface area contributed by atoms with Crippen LogP contribution in [0.25, 0.3) is 0 Å². The molecule has 1 aromatic carbocycles. The minimum atomic E-state index is 0.656. The van der Waals surface area contributed by atoms with E-state index in [0.29, 0.717) is 17.5 Å². The van der Waals surface area contributed by atoms with Crippen molar-refractivity contribution in [1.29, 1.82) is 0 Å². The molecule has 1 fully saturated rings. The number of methoxy groups -OCH3 is 1. The van der Waals surface area contributed by atoms with Crippen LogP contribution in [0.15, 0.2) is 33.9 Å². The van der Waals surface area contributed by atoms with E-state index < -0.39 is 0 Å². The molecule has 1 aliphatic rings. The molecule has 2 heterocycles. The number of thioether (sulfide) groups is 1. The Bertz CT molecular complexity index is 615. The number of ether oxygens (including phenoxy) is 1. The highest BCUT2D eigenvalue weighted by Crippen LogP contribution is 2.25. The number of benzene rings is 1. The molecule has 0 spiro atoms. The van der Waals surface area contributed by atoms with Gasteiger partial charge in [0, 0.05) is 12.3 Å². The molecule has 1 atom stereocenters. The molecule has 0 saturated carbocycles. The molecule has 0 N–H and O–H groups in total. The lowest BCUT2D eigenvalue weighted by Crippen LogP contribution is -2.33. The summed E-state index contributed by atoms with van der Waals surface area (Å²) in [6.45, 7) is 2.38. The van der Waals surface area contributed by atoms with E-state index in [9.17, 15) is 0 Å².